The van der Waals surface area contributed by atoms with E-state index in [4.69, 9.17) is 9.47 Å². The number of benzene rings is 3. The maximum absolute atomic E-state index is 12.9. The molecule has 12 heteroatoms. The second kappa shape index (κ2) is 13.6. The lowest BCUT2D eigenvalue weighted by Gasteiger charge is -2.11. The van der Waals surface area contributed by atoms with Crippen LogP contribution in [-0.2, 0) is 20.6 Å². The minimum absolute atomic E-state index is 0.0324. The summed E-state index contributed by atoms with van der Waals surface area (Å²) in [5, 5.41) is 8.53. The van der Waals surface area contributed by atoms with Crippen molar-refractivity contribution in [3.05, 3.63) is 83.9 Å². The standard InChI is InChI=1S/C27H25F3N4O5/c1-2-14-38-22-12-10-20(11-13-22)33-25(36)26(37)34-31-16-18-6-3-4-9-23(18)39-17-24(35)32-21-8-5-7-19(15-21)27(28,29)30/h3-13,15-16H,2,14,17H2,1H3,(H,32,35)(H,33,36)(H,34,37)/b31-16-. The summed E-state index contributed by atoms with van der Waals surface area (Å²) in [4.78, 5) is 36.4. The first-order chi connectivity index (χ1) is 18.7. The lowest BCUT2D eigenvalue weighted by atomic mass is 10.2. The van der Waals surface area contributed by atoms with Crippen molar-refractivity contribution in [1.29, 1.82) is 0 Å². The summed E-state index contributed by atoms with van der Waals surface area (Å²) in [5.74, 6) is -1.79. The van der Waals surface area contributed by atoms with E-state index < -0.39 is 36.1 Å². The number of nitrogens with zero attached hydrogens (tertiary/aromatic N) is 1. The first-order valence-corrected chi connectivity index (χ1v) is 11.7. The van der Waals surface area contributed by atoms with E-state index in [0.29, 0.717) is 23.6 Å². The molecule has 0 heterocycles. The molecule has 0 aliphatic rings. The summed E-state index contributed by atoms with van der Waals surface area (Å²) in [6.07, 6.45) is -2.47. The molecule has 204 valence electrons. The number of hydrogen-bond donors (Lipinski definition) is 3. The smallest absolute Gasteiger partial charge is 0.416 e. The molecule has 0 unspecified atom stereocenters. The van der Waals surface area contributed by atoms with E-state index >= 15 is 0 Å². The summed E-state index contributed by atoms with van der Waals surface area (Å²) in [7, 11) is 0. The zero-order chi connectivity index (χ0) is 28.3. The van der Waals surface area contributed by atoms with Crippen molar-refractivity contribution >= 4 is 35.3 Å². The topological polar surface area (TPSA) is 118 Å². The average Bonchev–Trinajstić information content (AvgIpc) is 2.91. The van der Waals surface area contributed by atoms with E-state index in [2.05, 4.69) is 21.2 Å². The quantitative estimate of drug-likeness (QED) is 0.197. The largest absolute Gasteiger partial charge is 0.494 e. The zero-order valence-corrected chi connectivity index (χ0v) is 20.7. The van der Waals surface area contributed by atoms with Crippen LogP contribution in [0.4, 0.5) is 24.5 Å². The second-order valence-electron chi connectivity index (χ2n) is 7.98. The highest BCUT2D eigenvalue weighted by Crippen LogP contribution is 2.30. The SMILES string of the molecule is CCCOc1ccc(NC(=O)C(=O)N/N=C\c2ccccc2OCC(=O)Nc2cccc(C(F)(F)F)c2)cc1. The van der Waals surface area contributed by atoms with E-state index in [0.717, 1.165) is 18.6 Å². The Kier molecular flexibility index (Phi) is 10.0. The fraction of sp³-hybridized carbons (Fsp3) is 0.185. The molecule has 3 aromatic carbocycles. The Labute approximate surface area is 222 Å². The molecule has 3 amide bonds. The molecule has 0 aliphatic carbocycles. The van der Waals surface area contributed by atoms with E-state index in [1.54, 1.807) is 42.5 Å². The van der Waals surface area contributed by atoms with Gasteiger partial charge in [-0.05, 0) is 61.0 Å². The van der Waals surface area contributed by atoms with Gasteiger partial charge in [0.1, 0.15) is 11.5 Å². The molecule has 0 aliphatic heterocycles. The predicted octanol–water partition coefficient (Wildman–Crippen LogP) is 4.60. The van der Waals surface area contributed by atoms with E-state index in [1.165, 1.54) is 24.4 Å². The molecular weight excluding hydrogens is 517 g/mol. The molecule has 0 atom stereocenters. The van der Waals surface area contributed by atoms with E-state index in [-0.39, 0.29) is 11.4 Å². The Hall–Kier alpha value is -4.87. The summed E-state index contributed by atoms with van der Waals surface area (Å²) in [6.45, 7) is 2.04. The fourth-order valence-electron chi connectivity index (χ4n) is 3.09. The molecule has 3 rings (SSSR count). The number of amides is 3. The predicted molar refractivity (Wildman–Crippen MR) is 139 cm³/mol. The van der Waals surface area contributed by atoms with E-state index in [1.807, 2.05) is 6.92 Å². The highest BCUT2D eigenvalue weighted by Gasteiger charge is 2.30. The minimum Gasteiger partial charge on any atom is -0.494 e. The van der Waals surface area contributed by atoms with Gasteiger partial charge in [-0.25, -0.2) is 5.43 Å². The van der Waals surface area contributed by atoms with Gasteiger partial charge in [-0.2, -0.15) is 18.3 Å². The summed E-state index contributed by atoms with van der Waals surface area (Å²) < 4.78 is 49.5. The van der Waals surface area contributed by atoms with Gasteiger partial charge in [0.05, 0.1) is 18.4 Å². The number of alkyl halides is 3. The number of anilines is 2. The van der Waals surface area contributed by atoms with Crippen LogP contribution in [0.1, 0.15) is 24.5 Å². The number of carbonyl (C=O) groups excluding carboxylic acids is 3. The number of hydrazone groups is 1. The Morgan fingerprint density at radius 3 is 2.33 bits per heavy atom. The van der Waals surface area contributed by atoms with Gasteiger partial charge in [-0.3, -0.25) is 14.4 Å². The van der Waals surface area contributed by atoms with Gasteiger partial charge in [-0.15, -0.1) is 0 Å². The second-order valence-corrected chi connectivity index (χ2v) is 7.98. The van der Waals surface area contributed by atoms with Crippen molar-refractivity contribution in [2.45, 2.75) is 19.5 Å². The maximum Gasteiger partial charge on any atom is 0.416 e. The lowest BCUT2D eigenvalue weighted by molar-refractivity contribution is -0.137. The molecule has 0 saturated heterocycles. The summed E-state index contributed by atoms with van der Waals surface area (Å²) in [5.41, 5.74) is 1.93. The van der Waals surface area contributed by atoms with Crippen LogP contribution in [0.3, 0.4) is 0 Å². The van der Waals surface area contributed by atoms with Crippen molar-refractivity contribution in [3.63, 3.8) is 0 Å². The van der Waals surface area contributed by atoms with Gasteiger partial charge in [-0.1, -0.05) is 25.1 Å². The Balaban J connectivity index is 1.51. The minimum atomic E-state index is -4.54. The molecule has 0 saturated carbocycles. The number of para-hydroxylation sites is 1. The van der Waals surface area contributed by atoms with Crippen molar-refractivity contribution < 1.29 is 37.0 Å². The van der Waals surface area contributed by atoms with Crippen LogP contribution >= 0.6 is 0 Å². The number of ether oxygens (including phenoxy) is 2. The van der Waals surface area contributed by atoms with Crippen molar-refractivity contribution in [1.82, 2.24) is 5.43 Å². The monoisotopic (exact) mass is 542 g/mol. The van der Waals surface area contributed by atoms with Crippen LogP contribution in [-0.4, -0.2) is 37.1 Å². The van der Waals surface area contributed by atoms with Crippen molar-refractivity contribution in [3.8, 4) is 11.5 Å². The molecule has 3 aromatic rings. The third-order valence-electron chi connectivity index (χ3n) is 4.91. The molecule has 39 heavy (non-hydrogen) atoms. The number of carbonyl (C=O) groups is 3. The third kappa shape index (κ3) is 9.18. The zero-order valence-electron chi connectivity index (χ0n) is 20.7. The van der Waals surface area contributed by atoms with Crippen LogP contribution in [0.5, 0.6) is 11.5 Å². The Morgan fingerprint density at radius 1 is 0.872 bits per heavy atom. The van der Waals surface area contributed by atoms with Gasteiger partial charge in [0.2, 0.25) is 0 Å². The van der Waals surface area contributed by atoms with Gasteiger partial charge < -0.3 is 20.1 Å². The average molecular weight is 543 g/mol. The fourth-order valence-corrected chi connectivity index (χ4v) is 3.09. The van der Waals surface area contributed by atoms with Crippen LogP contribution < -0.4 is 25.5 Å². The van der Waals surface area contributed by atoms with Gasteiger partial charge in [0.25, 0.3) is 5.91 Å². The van der Waals surface area contributed by atoms with Gasteiger partial charge >= 0.3 is 18.0 Å². The van der Waals surface area contributed by atoms with Gasteiger partial charge in [0.15, 0.2) is 6.61 Å². The first kappa shape index (κ1) is 28.7. The maximum atomic E-state index is 12.9. The Morgan fingerprint density at radius 2 is 1.62 bits per heavy atom. The van der Waals surface area contributed by atoms with Crippen LogP contribution in [0, 0.1) is 0 Å². The third-order valence-corrected chi connectivity index (χ3v) is 4.91. The lowest BCUT2D eigenvalue weighted by Crippen LogP contribution is -2.32. The summed E-state index contributed by atoms with van der Waals surface area (Å²) >= 11 is 0. The summed E-state index contributed by atoms with van der Waals surface area (Å²) in [6, 6.07) is 17.1. The van der Waals surface area contributed by atoms with Crippen molar-refractivity contribution in [2.24, 2.45) is 5.10 Å². The van der Waals surface area contributed by atoms with Crippen LogP contribution in [0.25, 0.3) is 0 Å². The van der Waals surface area contributed by atoms with E-state index in [9.17, 15) is 27.6 Å². The highest BCUT2D eigenvalue weighted by molar-refractivity contribution is 6.39. The molecule has 0 spiro atoms. The van der Waals surface area contributed by atoms with Crippen LogP contribution in [0.2, 0.25) is 0 Å². The number of hydrogen-bond acceptors (Lipinski definition) is 6. The molecular formula is C27H25F3N4O5. The Bertz CT molecular complexity index is 1330. The van der Waals surface area contributed by atoms with Crippen LogP contribution in [0.15, 0.2) is 77.9 Å². The molecule has 0 radical (unpaired) electrons. The number of rotatable bonds is 10. The molecule has 0 fully saturated rings. The highest BCUT2D eigenvalue weighted by atomic mass is 19.4. The molecule has 0 bridgehead atoms. The number of nitrogens with one attached hydrogen (secondary N) is 3. The van der Waals surface area contributed by atoms with Gasteiger partial charge in [0, 0.05) is 16.9 Å². The normalized spacial score (nSPS) is 11.1. The molecule has 9 nitrogen and oxygen atoms in total. The molecule has 3 N–H and O–H groups in total. The van der Waals surface area contributed by atoms with Crippen molar-refractivity contribution in [2.75, 3.05) is 23.8 Å². The number of halogens is 3. The first-order valence-electron chi connectivity index (χ1n) is 11.7. The molecule has 0 aromatic heterocycles.